The molecule has 0 aliphatic heterocycles. The third kappa shape index (κ3) is 2.47. The number of benzene rings is 2. The van der Waals surface area contributed by atoms with Crippen LogP contribution in [0.3, 0.4) is 0 Å². The molecule has 3 rings (SSSR count). The Morgan fingerprint density at radius 2 is 1.91 bits per heavy atom. The minimum Gasteiger partial charge on any atom is -0.268 e. The van der Waals surface area contributed by atoms with Gasteiger partial charge in [0.15, 0.2) is 0 Å². The summed E-state index contributed by atoms with van der Waals surface area (Å²) in [6, 6.07) is 11.2. The van der Waals surface area contributed by atoms with E-state index in [0.29, 0.717) is 11.4 Å². The molecule has 0 spiro atoms. The van der Waals surface area contributed by atoms with Crippen LogP contribution in [0.5, 0.6) is 0 Å². The van der Waals surface area contributed by atoms with Crippen molar-refractivity contribution in [2.45, 2.75) is 6.92 Å². The second-order valence-corrected chi connectivity index (χ2v) is 5.98. The maximum Gasteiger partial charge on any atom is 0.269 e. The number of hydrogen-bond acceptors (Lipinski definition) is 4. The number of rotatable bonds is 2. The van der Waals surface area contributed by atoms with Crippen molar-refractivity contribution >= 4 is 45.2 Å². The number of carbonyl (C=O) groups is 1. The Hall–Kier alpha value is -2.29. The van der Waals surface area contributed by atoms with Crippen LogP contribution >= 0.6 is 22.6 Å². The molecule has 1 heterocycles. The van der Waals surface area contributed by atoms with Crippen LogP contribution < -0.4 is 0 Å². The quantitative estimate of drug-likeness (QED) is 0.370. The fraction of sp³-hybridized carbons (Fsp3) is 0.0667. The van der Waals surface area contributed by atoms with Crippen molar-refractivity contribution in [1.29, 1.82) is 0 Å². The van der Waals surface area contributed by atoms with E-state index in [4.69, 9.17) is 0 Å². The van der Waals surface area contributed by atoms with Gasteiger partial charge in [0.05, 0.1) is 16.0 Å². The van der Waals surface area contributed by atoms with Gasteiger partial charge in [-0.05, 0) is 59.8 Å². The van der Waals surface area contributed by atoms with Gasteiger partial charge in [-0.1, -0.05) is 0 Å². The van der Waals surface area contributed by atoms with Crippen LogP contribution in [-0.2, 0) is 0 Å². The van der Waals surface area contributed by atoms with Gasteiger partial charge in [-0.15, -0.1) is 0 Å². The molecule has 0 saturated carbocycles. The molecule has 0 atom stereocenters. The minimum atomic E-state index is -0.492. The number of halogens is 1. The van der Waals surface area contributed by atoms with Crippen molar-refractivity contribution in [3.05, 3.63) is 67.5 Å². The standard InChI is InChI=1S/C15H10IN3O3/c1-9-17-13-7-4-11(16)8-14(13)18(9)15(20)10-2-5-12(6-3-10)19(21)22/h2-8H,1H3. The summed E-state index contributed by atoms with van der Waals surface area (Å²) in [5, 5.41) is 10.7. The number of carbonyl (C=O) groups excluding carboxylic acids is 1. The van der Waals surface area contributed by atoms with Crippen LogP contribution in [0.4, 0.5) is 5.69 Å². The number of imidazole rings is 1. The van der Waals surface area contributed by atoms with Gasteiger partial charge in [0, 0.05) is 21.3 Å². The SMILES string of the molecule is Cc1nc2ccc(I)cc2n1C(=O)c1ccc([N+](=O)[O-])cc1. The third-order valence-electron chi connectivity index (χ3n) is 3.31. The highest BCUT2D eigenvalue weighted by Gasteiger charge is 2.17. The summed E-state index contributed by atoms with van der Waals surface area (Å²) in [5.74, 6) is 0.331. The Labute approximate surface area is 139 Å². The molecular formula is C15H10IN3O3. The summed E-state index contributed by atoms with van der Waals surface area (Å²) >= 11 is 2.18. The largest absolute Gasteiger partial charge is 0.269 e. The molecular weight excluding hydrogens is 397 g/mol. The molecule has 0 amide bonds. The van der Waals surface area contributed by atoms with E-state index in [2.05, 4.69) is 27.6 Å². The van der Waals surface area contributed by atoms with Crippen LogP contribution in [-0.4, -0.2) is 20.4 Å². The topological polar surface area (TPSA) is 78.0 Å². The highest BCUT2D eigenvalue weighted by Crippen LogP contribution is 2.21. The summed E-state index contributed by atoms with van der Waals surface area (Å²) < 4.78 is 2.53. The maximum atomic E-state index is 12.7. The lowest BCUT2D eigenvalue weighted by molar-refractivity contribution is -0.384. The molecule has 0 unspecified atom stereocenters. The van der Waals surface area contributed by atoms with Crippen molar-refractivity contribution in [2.75, 3.05) is 0 Å². The molecule has 0 radical (unpaired) electrons. The van der Waals surface area contributed by atoms with Crippen LogP contribution in [0.25, 0.3) is 11.0 Å². The lowest BCUT2D eigenvalue weighted by atomic mass is 10.2. The smallest absolute Gasteiger partial charge is 0.268 e. The maximum absolute atomic E-state index is 12.7. The summed E-state index contributed by atoms with van der Waals surface area (Å²) in [4.78, 5) is 27.3. The third-order valence-corrected chi connectivity index (χ3v) is 3.98. The highest BCUT2D eigenvalue weighted by molar-refractivity contribution is 14.1. The van der Waals surface area contributed by atoms with E-state index in [1.807, 2.05) is 18.2 Å². The Morgan fingerprint density at radius 1 is 1.23 bits per heavy atom. The van der Waals surface area contributed by atoms with E-state index in [0.717, 1.165) is 14.6 Å². The predicted octanol–water partition coefficient (Wildman–Crippen LogP) is 3.55. The molecule has 7 heteroatoms. The Balaban J connectivity index is 2.10. The molecule has 110 valence electrons. The number of nitro groups is 1. The van der Waals surface area contributed by atoms with E-state index < -0.39 is 4.92 Å². The molecule has 6 nitrogen and oxygen atoms in total. The first-order valence-corrected chi connectivity index (χ1v) is 7.49. The first-order chi connectivity index (χ1) is 10.5. The molecule has 0 saturated heterocycles. The number of hydrogen-bond donors (Lipinski definition) is 0. The molecule has 22 heavy (non-hydrogen) atoms. The zero-order valence-corrected chi connectivity index (χ0v) is 13.6. The zero-order valence-electron chi connectivity index (χ0n) is 11.5. The van der Waals surface area contributed by atoms with Gasteiger partial charge in [0.2, 0.25) is 0 Å². The molecule has 0 N–H and O–H groups in total. The monoisotopic (exact) mass is 407 g/mol. The lowest BCUT2D eigenvalue weighted by Crippen LogP contribution is -2.13. The van der Waals surface area contributed by atoms with Crippen LogP contribution in [0.15, 0.2) is 42.5 Å². The van der Waals surface area contributed by atoms with Crippen molar-refractivity contribution in [1.82, 2.24) is 9.55 Å². The second-order valence-electron chi connectivity index (χ2n) is 4.74. The van der Waals surface area contributed by atoms with Crippen molar-refractivity contribution in [3.63, 3.8) is 0 Å². The number of nitrogens with zero attached hydrogens (tertiary/aromatic N) is 3. The van der Waals surface area contributed by atoms with E-state index in [1.54, 1.807) is 6.92 Å². The summed E-state index contributed by atoms with van der Waals surface area (Å²) in [6.45, 7) is 1.76. The Bertz CT molecular complexity index is 900. The number of aromatic nitrogens is 2. The van der Waals surface area contributed by atoms with Crippen LogP contribution in [0.2, 0.25) is 0 Å². The van der Waals surface area contributed by atoms with Gasteiger partial charge in [-0.2, -0.15) is 0 Å². The van der Waals surface area contributed by atoms with Gasteiger partial charge in [-0.3, -0.25) is 19.5 Å². The van der Waals surface area contributed by atoms with E-state index in [1.165, 1.54) is 28.8 Å². The predicted molar refractivity (Wildman–Crippen MR) is 90.0 cm³/mol. The number of non-ortho nitro benzene ring substituents is 1. The van der Waals surface area contributed by atoms with Crippen molar-refractivity contribution in [2.24, 2.45) is 0 Å². The van der Waals surface area contributed by atoms with Gasteiger partial charge < -0.3 is 0 Å². The van der Waals surface area contributed by atoms with Gasteiger partial charge in [-0.25, -0.2) is 4.98 Å². The normalized spacial score (nSPS) is 10.8. The number of aryl methyl sites for hydroxylation is 1. The lowest BCUT2D eigenvalue weighted by Gasteiger charge is -2.05. The molecule has 2 aromatic carbocycles. The van der Waals surface area contributed by atoms with Crippen molar-refractivity contribution in [3.8, 4) is 0 Å². The van der Waals surface area contributed by atoms with Gasteiger partial charge in [0.1, 0.15) is 5.82 Å². The van der Waals surface area contributed by atoms with E-state index >= 15 is 0 Å². The summed E-state index contributed by atoms with van der Waals surface area (Å²) in [5.41, 5.74) is 1.81. The van der Waals surface area contributed by atoms with E-state index in [9.17, 15) is 14.9 Å². The number of nitro benzene ring substituents is 1. The van der Waals surface area contributed by atoms with Crippen molar-refractivity contribution < 1.29 is 9.72 Å². The van der Waals surface area contributed by atoms with Gasteiger partial charge in [0.25, 0.3) is 11.6 Å². The molecule has 0 aliphatic carbocycles. The average molecular weight is 407 g/mol. The van der Waals surface area contributed by atoms with Crippen LogP contribution in [0, 0.1) is 20.6 Å². The Kier molecular flexibility index (Phi) is 3.65. The minimum absolute atomic E-state index is 0.0432. The fourth-order valence-corrected chi connectivity index (χ4v) is 2.75. The van der Waals surface area contributed by atoms with Gasteiger partial charge >= 0.3 is 0 Å². The first-order valence-electron chi connectivity index (χ1n) is 6.41. The molecule has 3 aromatic rings. The average Bonchev–Trinajstić information content (AvgIpc) is 2.82. The number of fused-ring (bicyclic) bond motifs is 1. The second kappa shape index (κ2) is 5.48. The summed E-state index contributed by atoms with van der Waals surface area (Å²) in [6.07, 6.45) is 0. The first kappa shape index (κ1) is 14.6. The van der Waals surface area contributed by atoms with E-state index in [-0.39, 0.29) is 11.6 Å². The molecule has 0 bridgehead atoms. The molecule has 1 aromatic heterocycles. The van der Waals surface area contributed by atoms with Crippen LogP contribution in [0.1, 0.15) is 16.2 Å². The Morgan fingerprint density at radius 3 is 2.55 bits per heavy atom. The molecule has 0 fully saturated rings. The fourth-order valence-electron chi connectivity index (χ4n) is 2.28. The zero-order chi connectivity index (χ0) is 15.9. The highest BCUT2D eigenvalue weighted by atomic mass is 127. The molecule has 0 aliphatic rings. The summed E-state index contributed by atoms with van der Waals surface area (Å²) in [7, 11) is 0.